The summed E-state index contributed by atoms with van der Waals surface area (Å²) in [5, 5.41) is 4.53. The van der Waals surface area contributed by atoms with E-state index in [1.165, 1.54) is 28.4 Å². The second-order valence-electron chi connectivity index (χ2n) is 6.41. The van der Waals surface area contributed by atoms with Crippen molar-refractivity contribution in [1.29, 1.82) is 0 Å². The number of likely N-dealkylation sites (tertiary alicyclic amines) is 1. The maximum Gasteiger partial charge on any atom is 0.257 e. The van der Waals surface area contributed by atoms with E-state index in [4.69, 9.17) is 4.98 Å². The van der Waals surface area contributed by atoms with Crippen LogP contribution in [0.3, 0.4) is 0 Å². The monoisotopic (exact) mass is 342 g/mol. The van der Waals surface area contributed by atoms with Gasteiger partial charge in [-0.1, -0.05) is 0 Å². The molecule has 0 spiro atoms. The minimum absolute atomic E-state index is 0.0938. The van der Waals surface area contributed by atoms with Crippen molar-refractivity contribution in [2.24, 2.45) is 0 Å². The molecule has 3 heterocycles. The lowest BCUT2D eigenvalue weighted by Crippen LogP contribution is -2.28. The first-order chi connectivity index (χ1) is 11.8. The van der Waals surface area contributed by atoms with E-state index in [9.17, 15) is 4.79 Å². The van der Waals surface area contributed by atoms with Gasteiger partial charge in [-0.3, -0.25) is 4.79 Å². The van der Waals surface area contributed by atoms with Crippen molar-refractivity contribution < 1.29 is 4.79 Å². The van der Waals surface area contributed by atoms with Gasteiger partial charge >= 0.3 is 0 Å². The van der Waals surface area contributed by atoms with Gasteiger partial charge in [-0.05, 0) is 44.2 Å². The molecule has 2 aliphatic rings. The first-order valence-electron chi connectivity index (χ1n) is 8.77. The van der Waals surface area contributed by atoms with Crippen LogP contribution in [0.5, 0.6) is 0 Å². The van der Waals surface area contributed by atoms with E-state index < -0.39 is 0 Å². The molecule has 1 aliphatic carbocycles. The number of amides is 1. The van der Waals surface area contributed by atoms with E-state index in [-0.39, 0.29) is 5.91 Å². The topological polar surface area (TPSA) is 58.1 Å². The number of anilines is 1. The van der Waals surface area contributed by atoms with Crippen molar-refractivity contribution in [3.8, 4) is 0 Å². The van der Waals surface area contributed by atoms with E-state index in [0.29, 0.717) is 11.4 Å². The van der Waals surface area contributed by atoms with Gasteiger partial charge in [0.2, 0.25) is 0 Å². The van der Waals surface area contributed by atoms with Crippen LogP contribution in [0.2, 0.25) is 0 Å². The average molecular weight is 342 g/mol. The number of aryl methyl sites for hydroxylation is 2. The predicted octanol–water partition coefficient (Wildman–Crippen LogP) is 2.92. The second kappa shape index (κ2) is 6.89. The molecule has 1 aliphatic heterocycles. The molecular formula is C18H22N4OS. The number of nitrogens with zero attached hydrogens (tertiary/aromatic N) is 3. The van der Waals surface area contributed by atoms with Gasteiger partial charge in [0.15, 0.2) is 0 Å². The molecule has 0 unspecified atom stereocenters. The summed E-state index contributed by atoms with van der Waals surface area (Å²) in [4.78, 5) is 25.1. The van der Waals surface area contributed by atoms with Gasteiger partial charge in [0.1, 0.15) is 5.82 Å². The molecule has 2 aromatic rings. The third kappa shape index (κ3) is 3.15. The lowest BCUT2D eigenvalue weighted by atomic mass is 10.2. The Kier molecular flexibility index (Phi) is 4.47. The fourth-order valence-electron chi connectivity index (χ4n) is 3.45. The third-order valence-electron chi connectivity index (χ3n) is 4.70. The minimum atomic E-state index is 0.0938. The molecule has 0 bridgehead atoms. The molecule has 5 nitrogen and oxygen atoms in total. The number of hydrogen-bond donors (Lipinski definition) is 1. The molecule has 24 heavy (non-hydrogen) atoms. The Hall–Kier alpha value is -1.95. The Morgan fingerprint density at radius 2 is 2.12 bits per heavy atom. The van der Waals surface area contributed by atoms with Crippen LogP contribution >= 0.6 is 11.3 Å². The Morgan fingerprint density at radius 3 is 2.96 bits per heavy atom. The summed E-state index contributed by atoms with van der Waals surface area (Å²) in [5.41, 5.74) is 1.98. The van der Waals surface area contributed by atoms with Crippen LogP contribution in [0.4, 0.5) is 5.82 Å². The second-order valence-corrected chi connectivity index (χ2v) is 7.57. The number of rotatable bonds is 5. The normalized spacial score (nSPS) is 16.4. The number of carbonyl (C=O) groups is 1. The predicted molar refractivity (Wildman–Crippen MR) is 95.7 cm³/mol. The molecule has 0 saturated carbocycles. The zero-order valence-electron chi connectivity index (χ0n) is 13.8. The Morgan fingerprint density at radius 1 is 1.25 bits per heavy atom. The number of fused-ring (bicyclic) bond motifs is 1. The largest absolute Gasteiger partial charge is 0.369 e. The van der Waals surface area contributed by atoms with Crippen LogP contribution in [-0.2, 0) is 19.3 Å². The Bertz CT molecular complexity index is 715. The summed E-state index contributed by atoms with van der Waals surface area (Å²) in [6, 6.07) is 3.70. The summed E-state index contributed by atoms with van der Waals surface area (Å²) >= 11 is 1.84. The number of nitrogens with one attached hydrogen (secondary N) is 1. The molecule has 126 valence electrons. The third-order valence-corrected chi connectivity index (χ3v) is 5.92. The molecule has 1 N–H and O–H groups in total. The van der Waals surface area contributed by atoms with Crippen molar-refractivity contribution in [2.75, 3.05) is 25.0 Å². The van der Waals surface area contributed by atoms with E-state index in [0.717, 1.165) is 45.3 Å². The van der Waals surface area contributed by atoms with Gasteiger partial charge in [0, 0.05) is 37.1 Å². The van der Waals surface area contributed by atoms with Crippen molar-refractivity contribution in [2.45, 2.75) is 38.5 Å². The van der Waals surface area contributed by atoms with E-state index in [2.05, 4.69) is 10.3 Å². The molecule has 0 aromatic carbocycles. The Labute approximate surface area is 146 Å². The molecule has 6 heteroatoms. The van der Waals surface area contributed by atoms with Gasteiger partial charge < -0.3 is 10.2 Å². The summed E-state index contributed by atoms with van der Waals surface area (Å²) in [5.74, 6) is 0.787. The summed E-state index contributed by atoms with van der Waals surface area (Å²) in [7, 11) is 0. The van der Waals surface area contributed by atoms with E-state index in [1.54, 1.807) is 6.20 Å². The fraction of sp³-hybridized carbons (Fsp3) is 0.500. The zero-order valence-corrected chi connectivity index (χ0v) is 14.6. The summed E-state index contributed by atoms with van der Waals surface area (Å²) in [6.45, 7) is 2.47. The maximum atomic E-state index is 12.6. The fourth-order valence-corrected chi connectivity index (χ4v) is 4.60. The first-order valence-corrected chi connectivity index (χ1v) is 9.58. The smallest absolute Gasteiger partial charge is 0.257 e. The van der Waals surface area contributed by atoms with E-state index >= 15 is 0 Å². The average Bonchev–Trinajstić information content (AvgIpc) is 3.32. The summed E-state index contributed by atoms with van der Waals surface area (Å²) < 4.78 is 0. The lowest BCUT2D eigenvalue weighted by molar-refractivity contribution is 0.0793. The molecule has 2 aromatic heterocycles. The number of thiazole rings is 1. The summed E-state index contributed by atoms with van der Waals surface area (Å²) in [6.07, 6.45) is 8.39. The van der Waals surface area contributed by atoms with Crippen molar-refractivity contribution in [1.82, 2.24) is 14.9 Å². The highest BCUT2D eigenvalue weighted by Crippen LogP contribution is 2.27. The van der Waals surface area contributed by atoms with Crippen molar-refractivity contribution >= 4 is 23.1 Å². The number of aromatic nitrogens is 2. The molecular weight excluding hydrogens is 320 g/mol. The van der Waals surface area contributed by atoms with Crippen LogP contribution < -0.4 is 5.32 Å². The Balaban J connectivity index is 1.39. The highest BCUT2D eigenvalue weighted by Gasteiger charge is 2.22. The molecule has 1 amide bonds. The van der Waals surface area contributed by atoms with Crippen LogP contribution in [-0.4, -0.2) is 40.4 Å². The molecule has 0 atom stereocenters. The molecule has 0 radical (unpaired) electrons. The standard InChI is InChI=1S/C18H22N4OS/c23-18(22-11-1-2-12-22)13-5-4-9-19-17(13)20-10-8-16-21-14-6-3-7-15(14)24-16/h4-5,9H,1-3,6-8,10-12H2,(H,19,20). The van der Waals surface area contributed by atoms with Gasteiger partial charge in [-0.15, -0.1) is 11.3 Å². The first kappa shape index (κ1) is 15.6. The molecule has 4 rings (SSSR count). The maximum absolute atomic E-state index is 12.6. The zero-order chi connectivity index (χ0) is 16.4. The van der Waals surface area contributed by atoms with Gasteiger partial charge in [0.05, 0.1) is 16.3 Å². The molecule has 1 fully saturated rings. The minimum Gasteiger partial charge on any atom is -0.369 e. The van der Waals surface area contributed by atoms with Gasteiger partial charge in [-0.2, -0.15) is 0 Å². The van der Waals surface area contributed by atoms with Crippen molar-refractivity contribution in [3.05, 3.63) is 39.5 Å². The van der Waals surface area contributed by atoms with Crippen molar-refractivity contribution in [3.63, 3.8) is 0 Å². The molecule has 1 saturated heterocycles. The number of hydrogen-bond acceptors (Lipinski definition) is 5. The van der Waals surface area contributed by atoms with E-state index in [1.807, 2.05) is 28.4 Å². The van der Waals surface area contributed by atoms with Crippen LogP contribution in [0.1, 0.15) is 45.2 Å². The van der Waals surface area contributed by atoms with Crippen LogP contribution in [0.15, 0.2) is 18.3 Å². The highest BCUT2D eigenvalue weighted by atomic mass is 32.1. The number of carbonyl (C=O) groups excluding carboxylic acids is 1. The van der Waals surface area contributed by atoms with Gasteiger partial charge in [0.25, 0.3) is 5.91 Å². The SMILES string of the molecule is O=C(c1cccnc1NCCc1nc2c(s1)CCC2)N1CCCC1. The van der Waals surface area contributed by atoms with Crippen LogP contribution in [0, 0.1) is 0 Å². The van der Waals surface area contributed by atoms with Crippen LogP contribution in [0.25, 0.3) is 0 Å². The highest BCUT2D eigenvalue weighted by molar-refractivity contribution is 7.11. The lowest BCUT2D eigenvalue weighted by Gasteiger charge is -2.17. The quantitative estimate of drug-likeness (QED) is 0.908. The van der Waals surface area contributed by atoms with Gasteiger partial charge in [-0.25, -0.2) is 9.97 Å². The number of pyridine rings is 1.